The molecule has 0 aliphatic heterocycles. The van der Waals surface area contributed by atoms with E-state index in [0.29, 0.717) is 5.92 Å². The fraction of sp³-hybridized carbons (Fsp3) is 0.758. The van der Waals surface area contributed by atoms with E-state index in [1.807, 2.05) is 6.92 Å². The molecule has 0 unspecified atom stereocenters. The van der Waals surface area contributed by atoms with Crippen molar-refractivity contribution < 1.29 is 35.9 Å². The molecule has 3 aliphatic carbocycles. The minimum Gasteiger partial charge on any atom is -0.414 e. The van der Waals surface area contributed by atoms with E-state index in [4.69, 9.17) is 4.43 Å². The molecule has 0 heterocycles. The van der Waals surface area contributed by atoms with E-state index in [1.165, 1.54) is 11.1 Å². The van der Waals surface area contributed by atoms with Crippen molar-refractivity contribution in [3.05, 3.63) is 35.5 Å². The van der Waals surface area contributed by atoms with E-state index in [-0.39, 0.29) is 34.8 Å². The van der Waals surface area contributed by atoms with E-state index in [2.05, 4.69) is 65.4 Å². The summed E-state index contributed by atoms with van der Waals surface area (Å²) in [6, 6.07) is 0. The topological polar surface area (TPSA) is 29.5 Å². The molecule has 3 saturated carbocycles. The van der Waals surface area contributed by atoms with Crippen LogP contribution in [0.15, 0.2) is 35.5 Å². The van der Waals surface area contributed by atoms with Crippen LogP contribution >= 0.6 is 0 Å². The standard InChI is InChI=1S/C33H48F6O2Si/c1-22-13-16-26(41-42(7,8)29(3,4)5)21-25(22)15-14-24-12-10-19-30(6)27(17-18-28(24)30)23(2)11-9-20-31(40,32(34,35)36)33(37,38)39/h14-15,23,26-28,40H,1,10-13,16-19,21H2,2-8H3/b24-14+,25-15-/t23-,26-,27-,28+,30-/m1/s1. The first-order chi connectivity index (χ1) is 19.0. The third-order valence-corrected chi connectivity index (χ3v) is 15.2. The van der Waals surface area contributed by atoms with Gasteiger partial charge in [0.15, 0.2) is 8.32 Å². The Morgan fingerprint density at radius 1 is 1.05 bits per heavy atom. The molecule has 0 aromatic rings. The molecule has 0 aromatic heterocycles. The quantitative estimate of drug-likeness (QED) is 0.189. The van der Waals surface area contributed by atoms with Crippen LogP contribution in [0.2, 0.25) is 18.1 Å². The second-order valence-corrected chi connectivity index (χ2v) is 19.3. The zero-order chi connectivity index (χ0) is 31.9. The van der Waals surface area contributed by atoms with Crippen molar-refractivity contribution in [2.75, 3.05) is 0 Å². The van der Waals surface area contributed by atoms with Crippen LogP contribution in [0.1, 0.15) is 92.4 Å². The van der Waals surface area contributed by atoms with E-state index in [0.717, 1.165) is 62.9 Å². The van der Waals surface area contributed by atoms with E-state index in [9.17, 15) is 31.4 Å². The fourth-order valence-corrected chi connectivity index (χ4v) is 8.46. The largest absolute Gasteiger partial charge is 0.438 e. The SMILES string of the molecule is C=C1CC[C@@H](O[Si](C)(C)C(C)(C)C)C/C1=C/C=C1\CCC[C@]2(C)[C@@H]([C@H](C)CC#CC(O)(C(F)(F)F)C(F)(F)F)CC[C@@H]12. The smallest absolute Gasteiger partial charge is 0.414 e. The average molecular weight is 619 g/mol. The molecule has 238 valence electrons. The van der Waals surface area contributed by atoms with Crippen molar-refractivity contribution in [3.8, 4) is 11.8 Å². The van der Waals surface area contributed by atoms with Crippen LogP contribution in [0.5, 0.6) is 0 Å². The zero-order valence-corrected chi connectivity index (χ0v) is 27.2. The summed E-state index contributed by atoms with van der Waals surface area (Å²) in [5.41, 5.74) is -1.39. The Bertz CT molecular complexity index is 1120. The molecule has 0 radical (unpaired) electrons. The minimum absolute atomic E-state index is 0.106. The highest BCUT2D eigenvalue weighted by atomic mass is 28.4. The Labute approximate surface area is 249 Å². The molecule has 0 amide bonds. The van der Waals surface area contributed by atoms with Gasteiger partial charge in [0.05, 0.1) is 0 Å². The van der Waals surface area contributed by atoms with Gasteiger partial charge < -0.3 is 9.53 Å². The first-order valence-corrected chi connectivity index (χ1v) is 18.1. The molecule has 0 spiro atoms. The molecule has 0 saturated heterocycles. The highest BCUT2D eigenvalue weighted by molar-refractivity contribution is 6.74. The minimum atomic E-state index is -5.93. The monoisotopic (exact) mass is 618 g/mol. The van der Waals surface area contributed by atoms with Gasteiger partial charge >= 0.3 is 18.0 Å². The molecule has 3 aliphatic rings. The van der Waals surface area contributed by atoms with Gasteiger partial charge in [0.25, 0.3) is 0 Å². The van der Waals surface area contributed by atoms with Gasteiger partial charge in [-0.3, -0.25) is 0 Å². The van der Waals surface area contributed by atoms with Crippen LogP contribution in [0.4, 0.5) is 26.3 Å². The number of allylic oxidation sites excluding steroid dienone is 4. The second-order valence-electron chi connectivity index (χ2n) is 14.6. The van der Waals surface area contributed by atoms with Crippen LogP contribution in [0, 0.1) is 35.0 Å². The van der Waals surface area contributed by atoms with Crippen molar-refractivity contribution in [2.45, 2.75) is 135 Å². The number of hydrogen-bond acceptors (Lipinski definition) is 2. The summed E-state index contributed by atoms with van der Waals surface area (Å²) < 4.78 is 84.9. The lowest BCUT2D eigenvalue weighted by Crippen LogP contribution is -2.55. The summed E-state index contributed by atoms with van der Waals surface area (Å²) in [7, 11) is -1.89. The van der Waals surface area contributed by atoms with E-state index < -0.39 is 26.3 Å². The van der Waals surface area contributed by atoms with Crippen LogP contribution in [-0.2, 0) is 4.43 Å². The summed E-state index contributed by atoms with van der Waals surface area (Å²) >= 11 is 0. The number of alkyl halides is 6. The van der Waals surface area contributed by atoms with Gasteiger partial charge in [0.1, 0.15) is 0 Å². The van der Waals surface area contributed by atoms with Crippen molar-refractivity contribution in [2.24, 2.45) is 23.2 Å². The maximum Gasteiger partial charge on any atom is 0.438 e. The van der Waals surface area contributed by atoms with Crippen molar-refractivity contribution in [1.29, 1.82) is 0 Å². The highest BCUT2D eigenvalue weighted by Gasteiger charge is 2.70. The van der Waals surface area contributed by atoms with Crippen LogP contribution in [0.25, 0.3) is 0 Å². The number of aliphatic hydroxyl groups is 1. The molecule has 3 fully saturated rings. The maximum absolute atomic E-state index is 13.0. The highest BCUT2D eigenvalue weighted by Crippen LogP contribution is 2.60. The molecule has 5 atom stereocenters. The number of halogens is 6. The number of fused-ring (bicyclic) bond motifs is 1. The Balaban J connectivity index is 1.75. The zero-order valence-electron chi connectivity index (χ0n) is 26.2. The van der Waals surface area contributed by atoms with Gasteiger partial charge in [-0.1, -0.05) is 70.4 Å². The van der Waals surface area contributed by atoms with Crippen LogP contribution in [0.3, 0.4) is 0 Å². The number of rotatable bonds is 5. The lowest BCUT2D eigenvalue weighted by molar-refractivity contribution is -0.343. The molecule has 3 rings (SSSR count). The summed E-state index contributed by atoms with van der Waals surface area (Å²) in [5, 5.41) is 9.52. The Hall–Kier alpha value is -1.50. The van der Waals surface area contributed by atoms with Gasteiger partial charge in [0.2, 0.25) is 0 Å². The van der Waals surface area contributed by atoms with Crippen molar-refractivity contribution in [3.63, 3.8) is 0 Å². The summed E-state index contributed by atoms with van der Waals surface area (Å²) in [5.74, 6) is 3.41. The number of hydrogen-bond donors (Lipinski definition) is 1. The van der Waals surface area contributed by atoms with Crippen LogP contribution in [-0.4, -0.2) is 37.5 Å². The molecule has 2 nitrogen and oxygen atoms in total. The predicted octanol–water partition coefficient (Wildman–Crippen LogP) is 10.1. The Kier molecular flexibility index (Phi) is 10.1. The third kappa shape index (κ3) is 7.07. The van der Waals surface area contributed by atoms with E-state index >= 15 is 0 Å². The second kappa shape index (κ2) is 12.1. The summed E-state index contributed by atoms with van der Waals surface area (Å²) in [6.45, 7) is 19.7. The molecule has 0 aromatic carbocycles. The van der Waals surface area contributed by atoms with Gasteiger partial charge in [-0.15, -0.1) is 0 Å². The molecule has 0 bridgehead atoms. The van der Waals surface area contributed by atoms with E-state index in [1.54, 1.807) is 0 Å². The molecular weight excluding hydrogens is 570 g/mol. The van der Waals surface area contributed by atoms with Gasteiger partial charge in [0, 0.05) is 12.5 Å². The average Bonchev–Trinajstić information content (AvgIpc) is 3.19. The fourth-order valence-electron chi connectivity index (χ4n) is 7.07. The van der Waals surface area contributed by atoms with Gasteiger partial charge in [-0.2, -0.15) is 26.3 Å². The maximum atomic E-state index is 13.0. The normalized spacial score (nSPS) is 30.7. The lowest BCUT2D eigenvalue weighted by atomic mass is 9.61. The first kappa shape index (κ1) is 35.0. The molecule has 42 heavy (non-hydrogen) atoms. The van der Waals surface area contributed by atoms with Crippen LogP contribution < -0.4 is 0 Å². The Morgan fingerprint density at radius 3 is 2.24 bits per heavy atom. The van der Waals surface area contributed by atoms with Crippen molar-refractivity contribution in [1.82, 2.24) is 0 Å². The Morgan fingerprint density at radius 2 is 1.67 bits per heavy atom. The predicted molar refractivity (Wildman–Crippen MR) is 158 cm³/mol. The van der Waals surface area contributed by atoms with Gasteiger partial charge in [-0.25, -0.2) is 0 Å². The summed E-state index contributed by atoms with van der Waals surface area (Å²) in [4.78, 5) is 0. The first-order valence-electron chi connectivity index (χ1n) is 15.1. The lowest BCUT2D eigenvalue weighted by Gasteiger charge is -2.44. The van der Waals surface area contributed by atoms with Gasteiger partial charge in [-0.05, 0) is 104 Å². The van der Waals surface area contributed by atoms with Crippen molar-refractivity contribution >= 4 is 8.32 Å². The third-order valence-electron chi connectivity index (χ3n) is 10.7. The summed E-state index contributed by atoms with van der Waals surface area (Å²) in [6.07, 6.45) is 0.0736. The molecule has 1 N–H and O–H groups in total. The molecular formula is C33H48F6O2Si. The molecule has 9 heteroatoms.